The van der Waals surface area contributed by atoms with Crippen molar-refractivity contribution in [3.05, 3.63) is 124 Å². The maximum absolute atomic E-state index is 13.3. The number of aryl methyl sites for hydroxylation is 1. The van der Waals surface area contributed by atoms with Gasteiger partial charge < -0.3 is 4.57 Å². The van der Waals surface area contributed by atoms with E-state index in [1.54, 1.807) is 67.6 Å². The third kappa shape index (κ3) is 4.50. The fourth-order valence-electron chi connectivity index (χ4n) is 4.26. The first kappa shape index (κ1) is 23.7. The van der Waals surface area contributed by atoms with Crippen molar-refractivity contribution < 1.29 is 14.0 Å². The quantitative estimate of drug-likeness (QED) is 0.368. The van der Waals surface area contributed by atoms with Gasteiger partial charge in [-0.1, -0.05) is 12.1 Å². The van der Waals surface area contributed by atoms with Crippen LogP contribution in [0, 0.1) is 19.7 Å². The highest BCUT2D eigenvalue weighted by Gasteiger charge is 2.18. The topological polar surface area (TPSA) is 98.0 Å². The Morgan fingerprint density at radius 1 is 0.838 bits per heavy atom. The highest BCUT2D eigenvalue weighted by Crippen LogP contribution is 2.21. The predicted octanol–water partition coefficient (Wildman–Crippen LogP) is 4.01. The van der Waals surface area contributed by atoms with Crippen molar-refractivity contribution in [1.29, 1.82) is 0 Å². The summed E-state index contributed by atoms with van der Waals surface area (Å²) >= 11 is 0. The zero-order chi connectivity index (χ0) is 26.1. The van der Waals surface area contributed by atoms with Crippen LogP contribution >= 0.6 is 0 Å². The van der Waals surface area contributed by atoms with E-state index < -0.39 is 11.8 Å². The summed E-state index contributed by atoms with van der Waals surface area (Å²) in [6.45, 7) is 3.61. The van der Waals surface area contributed by atoms with E-state index in [1.165, 1.54) is 23.0 Å². The van der Waals surface area contributed by atoms with Gasteiger partial charge in [0.05, 0.1) is 22.2 Å². The van der Waals surface area contributed by atoms with Gasteiger partial charge in [0.25, 0.3) is 17.4 Å². The molecule has 0 fully saturated rings. The molecule has 2 heterocycles. The highest BCUT2D eigenvalue weighted by atomic mass is 19.1. The molecule has 5 aromatic rings. The van der Waals surface area contributed by atoms with E-state index in [4.69, 9.17) is 0 Å². The van der Waals surface area contributed by atoms with Crippen molar-refractivity contribution in [3.63, 3.8) is 0 Å². The lowest BCUT2D eigenvalue weighted by molar-refractivity contribution is 0.0846. The Hall–Kier alpha value is -5.05. The average molecular weight is 496 g/mol. The van der Waals surface area contributed by atoms with E-state index in [9.17, 15) is 18.8 Å². The minimum atomic E-state index is -0.517. The standard InChI is InChI=1S/C28H22FN5O3/c1-17-15-24(18(2)34(17)22-13-9-20(29)10-14-22)27(36)32-31-26(35)19-7-11-21(12-8-19)33-16-30-25-6-4-3-5-23(25)28(33)37/h3-16H,1-2H3,(H,31,35)(H,32,36). The molecule has 2 aromatic heterocycles. The molecule has 0 radical (unpaired) electrons. The number of amides is 2. The second kappa shape index (κ2) is 9.54. The lowest BCUT2D eigenvalue weighted by Crippen LogP contribution is -2.41. The van der Waals surface area contributed by atoms with E-state index in [0.29, 0.717) is 33.4 Å². The summed E-state index contributed by atoms with van der Waals surface area (Å²) in [5, 5.41) is 0.494. The third-order valence-electron chi connectivity index (χ3n) is 6.12. The third-order valence-corrected chi connectivity index (χ3v) is 6.12. The molecule has 0 atom stereocenters. The van der Waals surface area contributed by atoms with Crippen LogP contribution in [-0.2, 0) is 0 Å². The molecule has 9 heteroatoms. The first-order valence-electron chi connectivity index (χ1n) is 11.5. The summed E-state index contributed by atoms with van der Waals surface area (Å²) in [6, 6.07) is 21.1. The van der Waals surface area contributed by atoms with E-state index in [1.807, 2.05) is 17.6 Å². The van der Waals surface area contributed by atoms with Crippen LogP contribution in [0.15, 0.2) is 90.0 Å². The Bertz CT molecular complexity index is 1700. The molecule has 0 spiro atoms. The normalized spacial score (nSPS) is 10.9. The minimum absolute atomic E-state index is 0.215. The predicted molar refractivity (Wildman–Crippen MR) is 137 cm³/mol. The van der Waals surface area contributed by atoms with Crippen LogP contribution in [-0.4, -0.2) is 25.9 Å². The van der Waals surface area contributed by atoms with Gasteiger partial charge in [-0.3, -0.25) is 29.8 Å². The minimum Gasteiger partial charge on any atom is -0.318 e. The summed E-state index contributed by atoms with van der Waals surface area (Å²) in [7, 11) is 0. The van der Waals surface area contributed by atoms with Crippen LogP contribution in [0.25, 0.3) is 22.3 Å². The Morgan fingerprint density at radius 2 is 1.49 bits per heavy atom. The molecule has 0 aliphatic carbocycles. The zero-order valence-corrected chi connectivity index (χ0v) is 20.0. The first-order valence-corrected chi connectivity index (χ1v) is 11.5. The van der Waals surface area contributed by atoms with E-state index in [2.05, 4.69) is 15.8 Å². The van der Waals surface area contributed by atoms with Gasteiger partial charge in [-0.2, -0.15) is 0 Å². The molecule has 2 amide bonds. The molecule has 0 bridgehead atoms. The van der Waals surface area contributed by atoms with Crippen LogP contribution in [0.5, 0.6) is 0 Å². The maximum Gasteiger partial charge on any atom is 0.271 e. The second-order valence-corrected chi connectivity index (χ2v) is 8.49. The second-order valence-electron chi connectivity index (χ2n) is 8.49. The lowest BCUT2D eigenvalue weighted by Gasteiger charge is -2.11. The lowest BCUT2D eigenvalue weighted by atomic mass is 10.2. The van der Waals surface area contributed by atoms with Crippen LogP contribution in [0.2, 0.25) is 0 Å². The number of carbonyl (C=O) groups is 2. The Kier molecular flexibility index (Phi) is 6.10. The van der Waals surface area contributed by atoms with Crippen molar-refractivity contribution in [2.45, 2.75) is 13.8 Å². The number of halogens is 1. The van der Waals surface area contributed by atoms with Crippen molar-refractivity contribution >= 4 is 22.7 Å². The number of fused-ring (bicyclic) bond motifs is 1. The molecule has 3 aromatic carbocycles. The van der Waals surface area contributed by atoms with Gasteiger partial charge in [-0.05, 0) is 80.6 Å². The number of rotatable bonds is 4. The molecule has 2 N–H and O–H groups in total. The van der Waals surface area contributed by atoms with Gasteiger partial charge in [-0.15, -0.1) is 0 Å². The van der Waals surface area contributed by atoms with Gasteiger partial charge in [0.1, 0.15) is 12.1 Å². The van der Waals surface area contributed by atoms with Gasteiger partial charge in [0.2, 0.25) is 0 Å². The highest BCUT2D eigenvalue weighted by molar-refractivity contribution is 6.00. The largest absolute Gasteiger partial charge is 0.318 e. The molecule has 5 rings (SSSR count). The van der Waals surface area contributed by atoms with Crippen LogP contribution in [0.4, 0.5) is 4.39 Å². The number of hydrazine groups is 1. The Labute approximate surface area is 211 Å². The summed E-state index contributed by atoms with van der Waals surface area (Å²) in [4.78, 5) is 42.5. The fourth-order valence-corrected chi connectivity index (χ4v) is 4.26. The molecule has 184 valence electrons. The molecule has 37 heavy (non-hydrogen) atoms. The van der Waals surface area contributed by atoms with Gasteiger partial charge in [0, 0.05) is 22.6 Å². The summed E-state index contributed by atoms with van der Waals surface area (Å²) in [5.74, 6) is -1.35. The van der Waals surface area contributed by atoms with Crippen molar-refractivity contribution in [1.82, 2.24) is 25.0 Å². The van der Waals surface area contributed by atoms with Crippen molar-refractivity contribution in [3.8, 4) is 11.4 Å². The number of nitrogens with one attached hydrogen (secondary N) is 2. The monoisotopic (exact) mass is 495 g/mol. The molecule has 0 aliphatic heterocycles. The number of benzene rings is 3. The van der Waals surface area contributed by atoms with Crippen LogP contribution < -0.4 is 16.4 Å². The number of carbonyl (C=O) groups excluding carboxylic acids is 2. The van der Waals surface area contributed by atoms with E-state index >= 15 is 0 Å². The molecular formula is C28H22FN5O3. The van der Waals surface area contributed by atoms with Gasteiger partial charge >= 0.3 is 0 Å². The Morgan fingerprint density at radius 3 is 2.22 bits per heavy atom. The van der Waals surface area contributed by atoms with E-state index in [0.717, 1.165) is 11.4 Å². The fraction of sp³-hybridized carbons (Fsp3) is 0.0714. The zero-order valence-electron chi connectivity index (χ0n) is 20.0. The molecule has 0 aliphatic rings. The maximum atomic E-state index is 13.3. The first-order chi connectivity index (χ1) is 17.8. The number of para-hydroxylation sites is 1. The number of nitrogens with zero attached hydrogens (tertiary/aromatic N) is 3. The number of hydrogen-bond donors (Lipinski definition) is 2. The Balaban J connectivity index is 1.29. The summed E-state index contributed by atoms with van der Waals surface area (Å²) in [5.41, 5.74) is 8.63. The van der Waals surface area contributed by atoms with Crippen LogP contribution in [0.3, 0.4) is 0 Å². The van der Waals surface area contributed by atoms with Gasteiger partial charge in [-0.25, -0.2) is 9.37 Å². The SMILES string of the molecule is Cc1cc(C(=O)NNC(=O)c2ccc(-n3cnc4ccccc4c3=O)cc2)c(C)n1-c1ccc(F)cc1. The van der Waals surface area contributed by atoms with Crippen molar-refractivity contribution in [2.75, 3.05) is 0 Å². The summed E-state index contributed by atoms with van der Waals surface area (Å²) < 4.78 is 16.5. The molecular weight excluding hydrogens is 473 g/mol. The van der Waals surface area contributed by atoms with Crippen LogP contribution in [0.1, 0.15) is 32.1 Å². The smallest absolute Gasteiger partial charge is 0.271 e. The summed E-state index contributed by atoms with van der Waals surface area (Å²) in [6.07, 6.45) is 1.45. The number of hydrogen-bond acceptors (Lipinski definition) is 4. The molecule has 0 unspecified atom stereocenters. The van der Waals surface area contributed by atoms with Gasteiger partial charge in [0.15, 0.2) is 0 Å². The average Bonchev–Trinajstić information content (AvgIpc) is 3.21. The molecule has 0 saturated carbocycles. The molecule has 8 nitrogen and oxygen atoms in total. The van der Waals surface area contributed by atoms with E-state index in [-0.39, 0.29) is 11.4 Å². The molecule has 0 saturated heterocycles. The van der Waals surface area contributed by atoms with Crippen molar-refractivity contribution in [2.24, 2.45) is 0 Å². The number of aromatic nitrogens is 3.